The predicted molar refractivity (Wildman–Crippen MR) is 49.1 cm³/mol. The van der Waals surface area contributed by atoms with Crippen LogP contribution in [0.2, 0.25) is 10.0 Å². The quantitative estimate of drug-likeness (QED) is 0.783. The number of phosphoric ester groups is 1. The van der Waals surface area contributed by atoms with Crippen LogP contribution in [0.15, 0.2) is 18.2 Å². The first-order valence-electron chi connectivity index (χ1n) is 3.09. The van der Waals surface area contributed by atoms with Crippen LogP contribution in [0.5, 0.6) is 5.75 Å². The summed E-state index contributed by atoms with van der Waals surface area (Å²) in [6.45, 7) is 0. The molecule has 0 aliphatic heterocycles. The van der Waals surface area contributed by atoms with Gasteiger partial charge >= 0.3 is 7.82 Å². The summed E-state index contributed by atoms with van der Waals surface area (Å²) in [5, 5.41) is 0.376. The fourth-order valence-electron chi connectivity index (χ4n) is 0.675. The minimum absolute atomic E-state index is 0.0905. The molecule has 1 aromatic rings. The predicted octanol–water partition coefficient (Wildman–Crippen LogP) is 2.46. The first kappa shape index (κ1) is 10.8. The summed E-state index contributed by atoms with van der Waals surface area (Å²) in [6, 6.07) is 4.09. The van der Waals surface area contributed by atoms with Crippen LogP contribution in [0.25, 0.3) is 0 Å². The first-order valence-corrected chi connectivity index (χ1v) is 5.37. The highest BCUT2D eigenvalue weighted by Gasteiger charge is 2.17. The van der Waals surface area contributed by atoms with E-state index in [0.717, 1.165) is 0 Å². The molecule has 0 aliphatic rings. The molecule has 0 bridgehead atoms. The van der Waals surface area contributed by atoms with Gasteiger partial charge in [0, 0.05) is 11.1 Å². The molecule has 0 saturated heterocycles. The van der Waals surface area contributed by atoms with Crippen LogP contribution in [0.3, 0.4) is 0 Å². The van der Waals surface area contributed by atoms with E-state index in [4.69, 9.17) is 33.0 Å². The summed E-state index contributed by atoms with van der Waals surface area (Å²) >= 11 is 11.1. The second kappa shape index (κ2) is 3.86. The van der Waals surface area contributed by atoms with Crippen molar-refractivity contribution in [2.24, 2.45) is 0 Å². The summed E-state index contributed by atoms with van der Waals surface area (Å²) in [6.07, 6.45) is 0. The molecule has 4 nitrogen and oxygen atoms in total. The Morgan fingerprint density at radius 2 is 1.92 bits per heavy atom. The van der Waals surface area contributed by atoms with Gasteiger partial charge in [0.25, 0.3) is 0 Å². The first-order chi connectivity index (χ1) is 5.88. The zero-order valence-corrected chi connectivity index (χ0v) is 8.55. The van der Waals surface area contributed by atoms with Gasteiger partial charge in [0.2, 0.25) is 0 Å². The maximum absolute atomic E-state index is 10.4. The van der Waals surface area contributed by atoms with Crippen molar-refractivity contribution in [1.82, 2.24) is 0 Å². The van der Waals surface area contributed by atoms with Crippen molar-refractivity contribution in [3.05, 3.63) is 28.2 Å². The second-order valence-corrected chi connectivity index (χ2v) is 4.16. The van der Waals surface area contributed by atoms with Gasteiger partial charge in [0.1, 0.15) is 0 Å². The average Bonchev–Trinajstić information content (AvgIpc) is 1.94. The van der Waals surface area contributed by atoms with Crippen molar-refractivity contribution < 1.29 is 18.9 Å². The fraction of sp³-hybridized carbons (Fsp3) is 0. The Morgan fingerprint density at radius 1 is 1.31 bits per heavy atom. The lowest BCUT2D eigenvalue weighted by Crippen LogP contribution is -1.90. The molecule has 0 spiro atoms. The van der Waals surface area contributed by atoms with E-state index in [1.807, 2.05) is 0 Å². The number of benzene rings is 1. The Morgan fingerprint density at radius 3 is 2.46 bits per heavy atom. The third kappa shape index (κ3) is 3.55. The molecule has 13 heavy (non-hydrogen) atoms. The summed E-state index contributed by atoms with van der Waals surface area (Å²) in [5.41, 5.74) is 0. The third-order valence-corrected chi connectivity index (χ3v) is 2.09. The molecule has 2 N–H and O–H groups in total. The highest BCUT2D eigenvalue weighted by molar-refractivity contribution is 7.46. The number of phosphoric acid groups is 1. The fourth-order valence-corrected chi connectivity index (χ4v) is 1.45. The van der Waals surface area contributed by atoms with Gasteiger partial charge < -0.3 is 4.52 Å². The van der Waals surface area contributed by atoms with E-state index in [1.165, 1.54) is 18.2 Å². The number of rotatable bonds is 2. The van der Waals surface area contributed by atoms with Crippen LogP contribution in [-0.4, -0.2) is 9.79 Å². The highest BCUT2D eigenvalue weighted by Crippen LogP contribution is 2.41. The minimum Gasteiger partial charge on any atom is -0.403 e. The van der Waals surface area contributed by atoms with Gasteiger partial charge in [0.15, 0.2) is 5.75 Å². The van der Waals surface area contributed by atoms with Crippen LogP contribution in [0.4, 0.5) is 0 Å². The van der Waals surface area contributed by atoms with E-state index in [1.54, 1.807) is 0 Å². The van der Waals surface area contributed by atoms with Crippen molar-refractivity contribution in [2.45, 2.75) is 0 Å². The van der Waals surface area contributed by atoms with Gasteiger partial charge in [-0.3, -0.25) is 9.79 Å². The van der Waals surface area contributed by atoms with E-state index in [2.05, 4.69) is 4.52 Å². The van der Waals surface area contributed by atoms with Crippen LogP contribution < -0.4 is 4.52 Å². The molecule has 7 heteroatoms. The van der Waals surface area contributed by atoms with Crippen LogP contribution in [0.1, 0.15) is 0 Å². The average molecular weight is 243 g/mol. The molecule has 0 radical (unpaired) electrons. The number of hydrogen-bond donors (Lipinski definition) is 2. The Bertz CT molecular complexity index is 362. The van der Waals surface area contributed by atoms with Crippen LogP contribution >= 0.6 is 31.0 Å². The Hall–Kier alpha value is -0.250. The molecule has 0 saturated carbocycles. The normalized spacial score (nSPS) is 11.4. The molecule has 0 fully saturated rings. The molecular formula is C6H5Cl2O4P. The maximum Gasteiger partial charge on any atom is 0.524 e. The molecule has 0 heterocycles. The van der Waals surface area contributed by atoms with Gasteiger partial charge in [-0.2, -0.15) is 0 Å². The van der Waals surface area contributed by atoms with E-state index < -0.39 is 7.82 Å². The molecule has 0 aliphatic carbocycles. The molecule has 72 valence electrons. The standard InChI is InChI=1S/C6H5Cl2O4P/c7-4-1-2-5(8)6(3-4)12-13(9,10)11/h1-3H,(H2,9,10,11). The molecule has 0 aromatic heterocycles. The SMILES string of the molecule is O=P(O)(O)Oc1cc(Cl)ccc1Cl. The van der Waals surface area contributed by atoms with Crippen molar-refractivity contribution in [2.75, 3.05) is 0 Å². The van der Waals surface area contributed by atoms with Gasteiger partial charge in [-0.1, -0.05) is 23.2 Å². The maximum atomic E-state index is 10.4. The number of halogens is 2. The highest BCUT2D eigenvalue weighted by atomic mass is 35.5. The van der Waals surface area contributed by atoms with E-state index in [0.29, 0.717) is 0 Å². The third-order valence-electron chi connectivity index (χ3n) is 1.11. The lowest BCUT2D eigenvalue weighted by atomic mass is 10.3. The minimum atomic E-state index is -4.58. The Balaban J connectivity index is 3.01. The zero-order chi connectivity index (χ0) is 10.1. The molecule has 0 unspecified atom stereocenters. The summed E-state index contributed by atoms with van der Waals surface area (Å²) in [4.78, 5) is 16.9. The molecule has 1 aromatic carbocycles. The van der Waals surface area contributed by atoms with Gasteiger partial charge in [-0.25, -0.2) is 4.57 Å². The Labute approximate surface area is 84.3 Å². The van der Waals surface area contributed by atoms with Gasteiger partial charge in [0.05, 0.1) is 5.02 Å². The molecule has 0 amide bonds. The van der Waals surface area contributed by atoms with Gasteiger partial charge in [-0.05, 0) is 12.1 Å². The van der Waals surface area contributed by atoms with Gasteiger partial charge in [-0.15, -0.1) is 0 Å². The van der Waals surface area contributed by atoms with E-state index in [9.17, 15) is 4.57 Å². The summed E-state index contributed by atoms with van der Waals surface area (Å²) in [5.74, 6) is -0.137. The van der Waals surface area contributed by atoms with Crippen LogP contribution in [0, 0.1) is 0 Å². The Kier molecular flexibility index (Phi) is 3.22. The zero-order valence-electron chi connectivity index (χ0n) is 6.15. The topological polar surface area (TPSA) is 66.8 Å². The molecular weight excluding hydrogens is 238 g/mol. The number of hydrogen-bond acceptors (Lipinski definition) is 2. The largest absolute Gasteiger partial charge is 0.524 e. The lowest BCUT2D eigenvalue weighted by molar-refractivity contribution is 0.283. The second-order valence-electron chi connectivity index (χ2n) is 2.16. The molecule has 0 atom stereocenters. The monoisotopic (exact) mass is 242 g/mol. The lowest BCUT2D eigenvalue weighted by Gasteiger charge is -2.07. The van der Waals surface area contributed by atoms with Crippen molar-refractivity contribution in [3.63, 3.8) is 0 Å². The van der Waals surface area contributed by atoms with E-state index >= 15 is 0 Å². The van der Waals surface area contributed by atoms with Crippen molar-refractivity contribution >= 4 is 31.0 Å². The summed E-state index contributed by atoms with van der Waals surface area (Å²) in [7, 11) is -4.58. The smallest absolute Gasteiger partial charge is 0.403 e. The van der Waals surface area contributed by atoms with Crippen molar-refractivity contribution in [3.8, 4) is 5.75 Å². The molecule has 1 rings (SSSR count). The van der Waals surface area contributed by atoms with Crippen LogP contribution in [-0.2, 0) is 4.57 Å². The summed E-state index contributed by atoms with van der Waals surface area (Å²) < 4.78 is 14.7. The van der Waals surface area contributed by atoms with Crippen molar-refractivity contribution in [1.29, 1.82) is 0 Å². The van der Waals surface area contributed by atoms with E-state index in [-0.39, 0.29) is 15.8 Å².